The van der Waals surface area contributed by atoms with Crippen LogP contribution in [0.2, 0.25) is 0 Å². The van der Waals surface area contributed by atoms with Gasteiger partial charge in [0.15, 0.2) is 5.96 Å². The summed E-state index contributed by atoms with van der Waals surface area (Å²) in [6, 6.07) is 10.4. The second-order valence-electron chi connectivity index (χ2n) is 6.86. The molecule has 7 heteroatoms. The van der Waals surface area contributed by atoms with E-state index in [-0.39, 0.29) is 0 Å². The normalized spacial score (nSPS) is 15.5. The number of aliphatic imine (C=N–C) groups is 1. The van der Waals surface area contributed by atoms with Crippen molar-refractivity contribution in [2.45, 2.75) is 38.5 Å². The minimum Gasteiger partial charge on any atom is -0.381 e. The summed E-state index contributed by atoms with van der Waals surface area (Å²) in [6.45, 7) is 4.72. The molecule has 2 heterocycles. The first-order chi connectivity index (χ1) is 13.8. The quantitative estimate of drug-likeness (QED) is 0.393. The standard InChI is InChI=1S/C21H31N5O2/c1-22-21(23-10-5-13-28-20-8-14-27-15-9-20)24-16-18-6-2-3-7-19(18)17-26-12-4-11-25-26/h2-4,6-7,11-12,20H,5,8-10,13-17H2,1H3,(H2,22,23,24). The third-order valence-corrected chi connectivity index (χ3v) is 4.82. The number of hydrogen-bond acceptors (Lipinski definition) is 4. The van der Waals surface area contributed by atoms with Gasteiger partial charge in [-0.15, -0.1) is 0 Å². The number of nitrogens with one attached hydrogen (secondary N) is 2. The van der Waals surface area contributed by atoms with Crippen molar-refractivity contribution in [3.05, 3.63) is 53.9 Å². The number of rotatable bonds is 9. The summed E-state index contributed by atoms with van der Waals surface area (Å²) in [5.74, 6) is 0.806. The first-order valence-corrected chi connectivity index (χ1v) is 10.0. The molecular formula is C21H31N5O2. The summed E-state index contributed by atoms with van der Waals surface area (Å²) in [5.41, 5.74) is 2.49. The van der Waals surface area contributed by atoms with Crippen LogP contribution in [0, 0.1) is 0 Å². The van der Waals surface area contributed by atoms with E-state index in [2.05, 4.69) is 45.0 Å². The zero-order chi connectivity index (χ0) is 19.4. The van der Waals surface area contributed by atoms with Crippen molar-refractivity contribution in [3.63, 3.8) is 0 Å². The summed E-state index contributed by atoms with van der Waals surface area (Å²) < 4.78 is 13.2. The molecule has 152 valence electrons. The Kier molecular flexibility index (Phi) is 8.33. The van der Waals surface area contributed by atoms with Crippen molar-refractivity contribution >= 4 is 5.96 Å². The van der Waals surface area contributed by atoms with Gasteiger partial charge in [-0.3, -0.25) is 9.67 Å². The van der Waals surface area contributed by atoms with Crippen LogP contribution in [0.4, 0.5) is 0 Å². The summed E-state index contributed by atoms with van der Waals surface area (Å²) >= 11 is 0. The lowest BCUT2D eigenvalue weighted by molar-refractivity contribution is -0.0320. The fourth-order valence-electron chi connectivity index (χ4n) is 3.22. The molecule has 0 spiro atoms. The largest absolute Gasteiger partial charge is 0.381 e. The Labute approximate surface area is 167 Å². The molecule has 0 unspecified atom stereocenters. The highest BCUT2D eigenvalue weighted by Crippen LogP contribution is 2.11. The highest BCUT2D eigenvalue weighted by Gasteiger charge is 2.13. The van der Waals surface area contributed by atoms with Gasteiger partial charge in [-0.2, -0.15) is 5.10 Å². The fourth-order valence-corrected chi connectivity index (χ4v) is 3.22. The molecule has 0 atom stereocenters. The minimum absolute atomic E-state index is 0.359. The lowest BCUT2D eigenvalue weighted by atomic mass is 10.1. The second kappa shape index (κ2) is 11.5. The van der Waals surface area contributed by atoms with Crippen molar-refractivity contribution in [1.82, 2.24) is 20.4 Å². The van der Waals surface area contributed by atoms with E-state index in [4.69, 9.17) is 9.47 Å². The molecule has 0 saturated carbocycles. The van der Waals surface area contributed by atoms with Crippen molar-refractivity contribution in [2.24, 2.45) is 4.99 Å². The molecule has 28 heavy (non-hydrogen) atoms. The van der Waals surface area contributed by atoms with Gasteiger partial charge < -0.3 is 20.1 Å². The lowest BCUT2D eigenvalue weighted by Gasteiger charge is -2.22. The molecule has 0 aliphatic carbocycles. The SMILES string of the molecule is CN=C(NCCCOC1CCOCC1)NCc1ccccc1Cn1cccn1. The van der Waals surface area contributed by atoms with Crippen LogP contribution in [0.3, 0.4) is 0 Å². The van der Waals surface area contributed by atoms with E-state index < -0.39 is 0 Å². The number of aromatic nitrogens is 2. The molecule has 7 nitrogen and oxygen atoms in total. The predicted molar refractivity (Wildman–Crippen MR) is 110 cm³/mol. The van der Waals surface area contributed by atoms with Crippen LogP contribution in [-0.4, -0.2) is 55.3 Å². The maximum absolute atomic E-state index is 5.90. The van der Waals surface area contributed by atoms with Gasteiger partial charge in [0.25, 0.3) is 0 Å². The average molecular weight is 386 g/mol. The maximum atomic E-state index is 5.90. The molecule has 1 aliphatic rings. The zero-order valence-corrected chi connectivity index (χ0v) is 16.6. The molecule has 1 aromatic heterocycles. The monoisotopic (exact) mass is 385 g/mol. The van der Waals surface area contributed by atoms with Gasteiger partial charge in [-0.05, 0) is 36.5 Å². The van der Waals surface area contributed by atoms with Crippen molar-refractivity contribution in [3.8, 4) is 0 Å². The van der Waals surface area contributed by atoms with Crippen LogP contribution >= 0.6 is 0 Å². The number of benzene rings is 1. The van der Waals surface area contributed by atoms with E-state index >= 15 is 0 Å². The van der Waals surface area contributed by atoms with Crippen LogP contribution in [-0.2, 0) is 22.6 Å². The average Bonchev–Trinajstić information content (AvgIpc) is 3.25. The van der Waals surface area contributed by atoms with Gasteiger partial charge >= 0.3 is 0 Å². The van der Waals surface area contributed by atoms with E-state index in [1.807, 2.05) is 16.9 Å². The summed E-state index contributed by atoms with van der Waals surface area (Å²) in [5, 5.41) is 11.1. The van der Waals surface area contributed by atoms with Crippen LogP contribution in [0.25, 0.3) is 0 Å². The number of ether oxygens (including phenoxy) is 2. The maximum Gasteiger partial charge on any atom is 0.191 e. The summed E-state index contributed by atoms with van der Waals surface area (Å²) in [6.07, 6.45) is 7.11. The van der Waals surface area contributed by atoms with Crippen LogP contribution in [0.1, 0.15) is 30.4 Å². The Balaban J connectivity index is 1.38. The third-order valence-electron chi connectivity index (χ3n) is 4.82. The smallest absolute Gasteiger partial charge is 0.191 e. The predicted octanol–water partition coefficient (Wildman–Crippen LogP) is 2.18. The van der Waals surface area contributed by atoms with Gasteiger partial charge in [0, 0.05) is 52.4 Å². The molecule has 1 aromatic carbocycles. The van der Waals surface area contributed by atoms with Gasteiger partial charge in [-0.1, -0.05) is 24.3 Å². The Hall–Kier alpha value is -2.38. The van der Waals surface area contributed by atoms with E-state index in [9.17, 15) is 0 Å². The van der Waals surface area contributed by atoms with Crippen LogP contribution in [0.5, 0.6) is 0 Å². The van der Waals surface area contributed by atoms with Gasteiger partial charge in [0.05, 0.1) is 12.6 Å². The molecule has 2 aromatic rings. The van der Waals surface area contributed by atoms with Gasteiger partial charge in [0.2, 0.25) is 0 Å². The van der Waals surface area contributed by atoms with Gasteiger partial charge in [0.1, 0.15) is 0 Å². The van der Waals surface area contributed by atoms with Gasteiger partial charge in [-0.25, -0.2) is 0 Å². The highest BCUT2D eigenvalue weighted by atomic mass is 16.5. The Morgan fingerprint density at radius 2 is 2.04 bits per heavy atom. The highest BCUT2D eigenvalue weighted by molar-refractivity contribution is 5.79. The zero-order valence-electron chi connectivity index (χ0n) is 16.6. The molecule has 2 N–H and O–H groups in total. The number of hydrogen-bond donors (Lipinski definition) is 2. The summed E-state index contributed by atoms with van der Waals surface area (Å²) in [4.78, 5) is 4.32. The Bertz CT molecular complexity index is 711. The van der Waals surface area contributed by atoms with Crippen molar-refractivity contribution in [1.29, 1.82) is 0 Å². The molecule has 1 fully saturated rings. The first-order valence-electron chi connectivity index (χ1n) is 10.0. The second-order valence-corrected chi connectivity index (χ2v) is 6.86. The first kappa shape index (κ1) is 20.4. The number of nitrogens with zero attached hydrogens (tertiary/aromatic N) is 3. The number of guanidine groups is 1. The molecule has 3 rings (SSSR count). The van der Waals surface area contributed by atoms with Crippen molar-refractivity contribution < 1.29 is 9.47 Å². The molecule has 0 radical (unpaired) electrons. The molecule has 1 aliphatic heterocycles. The van der Waals surface area contributed by atoms with E-state index in [0.717, 1.165) is 64.7 Å². The molecule has 0 amide bonds. The molecular weight excluding hydrogens is 354 g/mol. The van der Waals surface area contributed by atoms with E-state index in [1.165, 1.54) is 11.1 Å². The fraction of sp³-hybridized carbons (Fsp3) is 0.524. The Morgan fingerprint density at radius 1 is 1.21 bits per heavy atom. The van der Waals surface area contributed by atoms with Crippen LogP contribution in [0.15, 0.2) is 47.7 Å². The summed E-state index contributed by atoms with van der Waals surface area (Å²) in [7, 11) is 1.80. The molecule has 1 saturated heterocycles. The Morgan fingerprint density at radius 3 is 2.79 bits per heavy atom. The van der Waals surface area contributed by atoms with E-state index in [1.54, 1.807) is 13.2 Å². The lowest BCUT2D eigenvalue weighted by Crippen LogP contribution is -2.38. The third kappa shape index (κ3) is 6.65. The van der Waals surface area contributed by atoms with Crippen molar-refractivity contribution in [2.75, 3.05) is 33.4 Å². The van der Waals surface area contributed by atoms with Crippen LogP contribution < -0.4 is 10.6 Å². The minimum atomic E-state index is 0.359. The van der Waals surface area contributed by atoms with E-state index in [0.29, 0.717) is 6.10 Å². The topological polar surface area (TPSA) is 72.7 Å². The molecule has 0 bridgehead atoms.